The first-order valence-corrected chi connectivity index (χ1v) is 5.42. The van der Waals surface area contributed by atoms with Gasteiger partial charge in [-0.15, -0.1) is 0 Å². The van der Waals surface area contributed by atoms with Gasteiger partial charge in [0.1, 0.15) is 0 Å². The molecule has 0 bridgehead atoms. The van der Waals surface area contributed by atoms with Crippen LogP contribution >= 0.6 is 12.2 Å². The standard InChI is InChI=1S/C10H19NS/c1-3-4-5-6-9-7-8-10(12)11(9)2/h9H,3-8H2,1-2H3. The van der Waals surface area contributed by atoms with Crippen molar-refractivity contribution in [1.82, 2.24) is 4.90 Å². The van der Waals surface area contributed by atoms with Crippen molar-refractivity contribution in [3.63, 3.8) is 0 Å². The Bertz CT molecular complexity index is 156. The zero-order chi connectivity index (χ0) is 8.97. The van der Waals surface area contributed by atoms with Gasteiger partial charge in [-0.25, -0.2) is 0 Å². The molecular weight excluding hydrogens is 166 g/mol. The Labute approximate surface area is 81.1 Å². The van der Waals surface area contributed by atoms with Crippen molar-refractivity contribution in [2.24, 2.45) is 0 Å². The molecule has 70 valence electrons. The summed E-state index contributed by atoms with van der Waals surface area (Å²) in [5.41, 5.74) is 0. The van der Waals surface area contributed by atoms with E-state index in [1.54, 1.807) is 0 Å². The Kier molecular flexibility index (Phi) is 3.99. The summed E-state index contributed by atoms with van der Waals surface area (Å²) in [4.78, 5) is 3.46. The van der Waals surface area contributed by atoms with Gasteiger partial charge in [-0.1, -0.05) is 38.4 Å². The summed E-state index contributed by atoms with van der Waals surface area (Å²) < 4.78 is 0. The maximum atomic E-state index is 5.22. The van der Waals surface area contributed by atoms with Gasteiger partial charge in [0, 0.05) is 13.1 Å². The topological polar surface area (TPSA) is 3.24 Å². The molecule has 1 unspecified atom stereocenters. The number of rotatable bonds is 4. The zero-order valence-corrected chi connectivity index (χ0v) is 8.99. The van der Waals surface area contributed by atoms with Gasteiger partial charge in [0.05, 0.1) is 4.99 Å². The molecule has 1 atom stereocenters. The monoisotopic (exact) mass is 185 g/mol. The van der Waals surface area contributed by atoms with Crippen LogP contribution in [0.5, 0.6) is 0 Å². The molecule has 0 aliphatic carbocycles. The summed E-state index contributed by atoms with van der Waals surface area (Å²) in [5.74, 6) is 0. The average Bonchev–Trinajstić information content (AvgIpc) is 2.36. The van der Waals surface area contributed by atoms with Crippen LogP contribution < -0.4 is 0 Å². The quantitative estimate of drug-likeness (QED) is 0.489. The fraction of sp³-hybridized carbons (Fsp3) is 0.900. The van der Waals surface area contributed by atoms with Gasteiger partial charge < -0.3 is 4.90 Å². The normalized spacial score (nSPS) is 23.7. The van der Waals surface area contributed by atoms with Crippen LogP contribution in [0.4, 0.5) is 0 Å². The highest BCUT2D eigenvalue weighted by molar-refractivity contribution is 7.80. The summed E-state index contributed by atoms with van der Waals surface area (Å²) in [5, 5.41) is 0. The van der Waals surface area contributed by atoms with E-state index in [0.29, 0.717) is 0 Å². The van der Waals surface area contributed by atoms with Crippen LogP contribution in [0.1, 0.15) is 45.4 Å². The second kappa shape index (κ2) is 4.80. The van der Waals surface area contributed by atoms with Gasteiger partial charge in [0.25, 0.3) is 0 Å². The van der Waals surface area contributed by atoms with Crippen molar-refractivity contribution in [2.75, 3.05) is 7.05 Å². The number of unbranched alkanes of at least 4 members (excludes halogenated alkanes) is 2. The van der Waals surface area contributed by atoms with E-state index >= 15 is 0 Å². The second-order valence-electron chi connectivity index (χ2n) is 3.69. The predicted molar refractivity (Wildman–Crippen MR) is 57.5 cm³/mol. The summed E-state index contributed by atoms with van der Waals surface area (Å²) in [7, 11) is 2.14. The lowest BCUT2D eigenvalue weighted by Gasteiger charge is -2.21. The van der Waals surface area contributed by atoms with Gasteiger partial charge in [-0.05, 0) is 19.3 Å². The van der Waals surface area contributed by atoms with Gasteiger partial charge in [-0.3, -0.25) is 0 Å². The summed E-state index contributed by atoms with van der Waals surface area (Å²) in [6.07, 6.45) is 7.83. The van der Waals surface area contributed by atoms with E-state index in [9.17, 15) is 0 Å². The molecule has 1 nitrogen and oxygen atoms in total. The second-order valence-corrected chi connectivity index (χ2v) is 4.16. The lowest BCUT2D eigenvalue weighted by Crippen LogP contribution is -2.27. The molecule has 0 N–H and O–H groups in total. The Balaban J connectivity index is 2.20. The molecule has 1 rings (SSSR count). The summed E-state index contributed by atoms with van der Waals surface area (Å²) in [6, 6.07) is 0.754. The van der Waals surface area contributed by atoms with Crippen molar-refractivity contribution in [2.45, 2.75) is 51.5 Å². The number of hydrogen-bond acceptors (Lipinski definition) is 1. The average molecular weight is 185 g/mol. The fourth-order valence-electron chi connectivity index (χ4n) is 1.83. The molecule has 12 heavy (non-hydrogen) atoms. The largest absolute Gasteiger partial charge is 0.366 e. The molecule has 2 heteroatoms. The van der Waals surface area contributed by atoms with E-state index in [4.69, 9.17) is 12.2 Å². The lowest BCUT2D eigenvalue weighted by molar-refractivity contribution is 0.363. The highest BCUT2D eigenvalue weighted by Crippen LogP contribution is 2.22. The van der Waals surface area contributed by atoms with Crippen LogP contribution in [0.15, 0.2) is 0 Å². The SMILES string of the molecule is CCCCCC1CCC(=S)N1C. The highest BCUT2D eigenvalue weighted by atomic mass is 32.1. The molecule has 1 aliphatic heterocycles. The minimum absolute atomic E-state index is 0.754. The third-order valence-electron chi connectivity index (χ3n) is 2.77. The van der Waals surface area contributed by atoms with Gasteiger partial charge in [0.15, 0.2) is 0 Å². The third-order valence-corrected chi connectivity index (χ3v) is 3.27. The highest BCUT2D eigenvalue weighted by Gasteiger charge is 2.23. The first kappa shape index (κ1) is 9.97. The third kappa shape index (κ3) is 2.44. The van der Waals surface area contributed by atoms with Crippen LogP contribution in [0.3, 0.4) is 0 Å². The summed E-state index contributed by atoms with van der Waals surface area (Å²) in [6.45, 7) is 2.25. The molecule has 1 saturated heterocycles. The molecular formula is C10H19NS. The molecule has 0 aromatic carbocycles. The van der Waals surface area contributed by atoms with E-state index in [2.05, 4.69) is 18.9 Å². The van der Waals surface area contributed by atoms with Crippen molar-refractivity contribution in [1.29, 1.82) is 0 Å². The van der Waals surface area contributed by atoms with Crippen LogP contribution in [-0.2, 0) is 0 Å². The van der Waals surface area contributed by atoms with Crippen LogP contribution in [0.25, 0.3) is 0 Å². The Morgan fingerprint density at radius 2 is 2.25 bits per heavy atom. The Hall–Kier alpha value is -0.110. The van der Waals surface area contributed by atoms with Gasteiger partial charge in [-0.2, -0.15) is 0 Å². The molecule has 0 saturated carbocycles. The molecule has 1 heterocycles. The van der Waals surface area contributed by atoms with E-state index in [1.165, 1.54) is 32.1 Å². The maximum absolute atomic E-state index is 5.22. The van der Waals surface area contributed by atoms with Crippen molar-refractivity contribution >= 4 is 17.2 Å². The van der Waals surface area contributed by atoms with Crippen LogP contribution in [0.2, 0.25) is 0 Å². The van der Waals surface area contributed by atoms with Crippen LogP contribution in [0, 0.1) is 0 Å². The Morgan fingerprint density at radius 1 is 1.50 bits per heavy atom. The van der Waals surface area contributed by atoms with E-state index < -0.39 is 0 Å². The molecule has 0 amide bonds. The van der Waals surface area contributed by atoms with Crippen molar-refractivity contribution in [3.05, 3.63) is 0 Å². The van der Waals surface area contributed by atoms with Gasteiger partial charge in [0.2, 0.25) is 0 Å². The predicted octanol–water partition coefficient (Wildman–Crippen LogP) is 2.99. The summed E-state index contributed by atoms with van der Waals surface area (Å²) >= 11 is 5.22. The molecule has 0 aromatic heterocycles. The number of hydrogen-bond donors (Lipinski definition) is 0. The van der Waals surface area contributed by atoms with E-state index in [-0.39, 0.29) is 0 Å². The molecule has 1 fully saturated rings. The molecule has 0 spiro atoms. The maximum Gasteiger partial charge on any atom is 0.0779 e. The molecule has 1 aliphatic rings. The number of nitrogens with zero attached hydrogens (tertiary/aromatic N) is 1. The molecule has 0 aromatic rings. The zero-order valence-electron chi connectivity index (χ0n) is 8.18. The minimum Gasteiger partial charge on any atom is -0.366 e. The van der Waals surface area contributed by atoms with Crippen molar-refractivity contribution < 1.29 is 0 Å². The number of thiocarbonyl (C=S) groups is 1. The van der Waals surface area contributed by atoms with Crippen LogP contribution in [-0.4, -0.2) is 23.0 Å². The van der Waals surface area contributed by atoms with Gasteiger partial charge >= 0.3 is 0 Å². The first-order chi connectivity index (χ1) is 5.75. The number of likely N-dealkylation sites (tertiary alicyclic amines) is 1. The Morgan fingerprint density at radius 3 is 2.75 bits per heavy atom. The fourth-order valence-corrected chi connectivity index (χ4v) is 2.10. The first-order valence-electron chi connectivity index (χ1n) is 5.01. The molecule has 0 radical (unpaired) electrons. The van der Waals surface area contributed by atoms with E-state index in [0.717, 1.165) is 17.5 Å². The minimum atomic E-state index is 0.754. The van der Waals surface area contributed by atoms with Crippen molar-refractivity contribution in [3.8, 4) is 0 Å². The smallest absolute Gasteiger partial charge is 0.0779 e. The lowest BCUT2D eigenvalue weighted by atomic mass is 10.1. The van der Waals surface area contributed by atoms with E-state index in [1.807, 2.05) is 0 Å².